The van der Waals surface area contributed by atoms with Crippen molar-refractivity contribution in [1.29, 1.82) is 0 Å². The van der Waals surface area contributed by atoms with Crippen molar-refractivity contribution < 1.29 is 9.53 Å². The van der Waals surface area contributed by atoms with E-state index in [0.717, 1.165) is 20.9 Å². The van der Waals surface area contributed by atoms with Gasteiger partial charge in [0.05, 0.1) is 16.9 Å². The van der Waals surface area contributed by atoms with Crippen LogP contribution in [0.5, 0.6) is 5.88 Å². The Balaban J connectivity index is 1.65. The smallest absolute Gasteiger partial charge is 0.258 e. The average molecular weight is 386 g/mol. The first-order chi connectivity index (χ1) is 11.6. The average Bonchev–Trinajstić information content (AvgIpc) is 2.60. The maximum atomic E-state index is 12.1. The number of rotatable bonds is 5. The summed E-state index contributed by atoms with van der Waals surface area (Å²) >= 11 is 3.41. The number of nitrogens with zero attached hydrogens (tertiary/aromatic N) is 2. The van der Waals surface area contributed by atoms with E-state index in [9.17, 15) is 4.79 Å². The Hall–Kier alpha value is -2.47. The van der Waals surface area contributed by atoms with Crippen LogP contribution < -0.4 is 10.1 Å². The van der Waals surface area contributed by atoms with Gasteiger partial charge < -0.3 is 10.1 Å². The summed E-state index contributed by atoms with van der Waals surface area (Å²) in [7, 11) is 0. The molecule has 0 aliphatic rings. The minimum atomic E-state index is -0.201. The van der Waals surface area contributed by atoms with Gasteiger partial charge in [-0.2, -0.15) is 0 Å². The first-order valence-corrected chi connectivity index (χ1v) is 8.30. The molecule has 0 radical (unpaired) electrons. The zero-order valence-corrected chi connectivity index (χ0v) is 14.7. The van der Waals surface area contributed by atoms with Gasteiger partial charge in [0.25, 0.3) is 5.91 Å². The number of halogens is 1. The molecular weight excluding hydrogens is 370 g/mol. The van der Waals surface area contributed by atoms with Gasteiger partial charge in [-0.1, -0.05) is 46.3 Å². The second-order valence-corrected chi connectivity index (χ2v) is 6.24. The van der Waals surface area contributed by atoms with E-state index in [-0.39, 0.29) is 18.6 Å². The molecule has 0 aliphatic heterocycles. The van der Waals surface area contributed by atoms with Gasteiger partial charge in [0.1, 0.15) is 6.33 Å². The number of amides is 1. The van der Waals surface area contributed by atoms with Gasteiger partial charge in [-0.15, -0.1) is 0 Å². The third-order valence-electron chi connectivity index (χ3n) is 3.58. The number of nitrogens with one attached hydrogen (secondary N) is 1. The van der Waals surface area contributed by atoms with E-state index >= 15 is 0 Å². The van der Waals surface area contributed by atoms with Crippen LogP contribution >= 0.6 is 15.9 Å². The summed E-state index contributed by atoms with van der Waals surface area (Å²) < 4.78 is 6.49. The fourth-order valence-electron chi connectivity index (χ4n) is 2.36. The number of benzene rings is 2. The number of carbonyl (C=O) groups is 1. The highest BCUT2D eigenvalue weighted by molar-refractivity contribution is 9.10. The minimum absolute atomic E-state index is 0.0846. The Morgan fingerprint density at radius 1 is 1.21 bits per heavy atom. The molecule has 0 saturated carbocycles. The van der Waals surface area contributed by atoms with Crippen LogP contribution in [0, 0.1) is 0 Å². The largest absolute Gasteiger partial charge is 0.467 e. The third kappa shape index (κ3) is 3.89. The summed E-state index contributed by atoms with van der Waals surface area (Å²) in [5, 5.41) is 3.67. The molecule has 5 nitrogen and oxygen atoms in total. The van der Waals surface area contributed by atoms with E-state index in [2.05, 4.69) is 31.2 Å². The van der Waals surface area contributed by atoms with E-state index in [1.165, 1.54) is 6.33 Å². The van der Waals surface area contributed by atoms with Gasteiger partial charge in [-0.3, -0.25) is 4.79 Å². The summed E-state index contributed by atoms with van der Waals surface area (Å²) in [6.07, 6.45) is 1.43. The molecule has 1 N–H and O–H groups in total. The number of fused-ring (bicyclic) bond motifs is 1. The highest BCUT2D eigenvalue weighted by atomic mass is 79.9. The fourth-order valence-corrected chi connectivity index (χ4v) is 2.72. The summed E-state index contributed by atoms with van der Waals surface area (Å²) in [6.45, 7) is 1.83. The molecule has 1 heterocycles. The molecule has 0 saturated heterocycles. The lowest BCUT2D eigenvalue weighted by atomic mass is 10.1. The van der Waals surface area contributed by atoms with Crippen LogP contribution in [0.2, 0.25) is 0 Å². The second-order valence-electron chi connectivity index (χ2n) is 5.33. The molecule has 0 aliphatic carbocycles. The quantitative estimate of drug-likeness (QED) is 0.727. The first kappa shape index (κ1) is 16.4. The molecular formula is C18H16BrN3O2. The fraction of sp³-hybridized carbons (Fsp3) is 0.167. The topological polar surface area (TPSA) is 64.1 Å². The lowest BCUT2D eigenvalue weighted by Crippen LogP contribution is -2.31. The highest BCUT2D eigenvalue weighted by Crippen LogP contribution is 2.24. The molecule has 0 bridgehead atoms. The Morgan fingerprint density at radius 2 is 2.00 bits per heavy atom. The van der Waals surface area contributed by atoms with Gasteiger partial charge in [0.15, 0.2) is 6.61 Å². The van der Waals surface area contributed by atoms with Crippen LogP contribution in [-0.4, -0.2) is 22.5 Å². The second kappa shape index (κ2) is 7.40. The van der Waals surface area contributed by atoms with Crippen molar-refractivity contribution in [3.8, 4) is 5.88 Å². The number of hydrogen-bond donors (Lipinski definition) is 1. The van der Waals surface area contributed by atoms with Crippen molar-refractivity contribution in [2.45, 2.75) is 13.0 Å². The number of carbonyl (C=O) groups excluding carboxylic acids is 1. The molecule has 2 aromatic carbocycles. The maximum absolute atomic E-state index is 12.1. The predicted octanol–water partition coefficient (Wildman–Crippen LogP) is 3.65. The summed E-state index contributed by atoms with van der Waals surface area (Å²) in [4.78, 5) is 20.4. The Bertz CT molecular complexity index is 855. The van der Waals surface area contributed by atoms with Gasteiger partial charge in [-0.25, -0.2) is 9.97 Å². The lowest BCUT2D eigenvalue weighted by molar-refractivity contribution is -0.123. The molecule has 3 rings (SSSR count). The third-order valence-corrected chi connectivity index (χ3v) is 4.07. The monoisotopic (exact) mass is 385 g/mol. The van der Waals surface area contributed by atoms with E-state index in [0.29, 0.717) is 5.88 Å². The molecule has 0 fully saturated rings. The van der Waals surface area contributed by atoms with Gasteiger partial charge >= 0.3 is 0 Å². The van der Waals surface area contributed by atoms with Crippen molar-refractivity contribution in [1.82, 2.24) is 15.3 Å². The van der Waals surface area contributed by atoms with Crippen molar-refractivity contribution in [3.63, 3.8) is 0 Å². The molecule has 3 aromatic rings. The number of aromatic nitrogens is 2. The van der Waals surface area contributed by atoms with Gasteiger partial charge in [0, 0.05) is 4.47 Å². The maximum Gasteiger partial charge on any atom is 0.258 e. The van der Waals surface area contributed by atoms with Crippen LogP contribution in [0.3, 0.4) is 0 Å². The van der Waals surface area contributed by atoms with Crippen molar-refractivity contribution in [2.24, 2.45) is 0 Å². The summed E-state index contributed by atoms with van der Waals surface area (Å²) in [6, 6.07) is 15.3. The lowest BCUT2D eigenvalue weighted by Gasteiger charge is -2.14. The minimum Gasteiger partial charge on any atom is -0.467 e. The summed E-state index contributed by atoms with van der Waals surface area (Å²) in [5.74, 6) is 0.192. The molecule has 1 amide bonds. The molecule has 0 unspecified atom stereocenters. The first-order valence-electron chi connectivity index (χ1n) is 7.51. The zero-order valence-electron chi connectivity index (χ0n) is 13.1. The Morgan fingerprint density at radius 3 is 2.79 bits per heavy atom. The normalized spacial score (nSPS) is 11.9. The van der Waals surface area contributed by atoms with Crippen LogP contribution in [-0.2, 0) is 4.79 Å². The SMILES string of the molecule is C[C@@H](NC(=O)COc1ncnc2ccc(Br)cc12)c1ccccc1. The summed E-state index contributed by atoms with van der Waals surface area (Å²) in [5.41, 5.74) is 1.81. The van der Waals surface area contributed by atoms with Crippen LogP contribution in [0.4, 0.5) is 0 Å². The van der Waals surface area contributed by atoms with Crippen LogP contribution in [0.15, 0.2) is 59.3 Å². The predicted molar refractivity (Wildman–Crippen MR) is 95.7 cm³/mol. The van der Waals surface area contributed by atoms with E-state index in [1.807, 2.05) is 55.5 Å². The van der Waals surface area contributed by atoms with Crippen LogP contribution in [0.25, 0.3) is 10.9 Å². The number of ether oxygens (including phenoxy) is 1. The highest BCUT2D eigenvalue weighted by Gasteiger charge is 2.11. The van der Waals surface area contributed by atoms with Gasteiger partial charge in [-0.05, 0) is 30.7 Å². The van der Waals surface area contributed by atoms with Crippen molar-refractivity contribution in [2.75, 3.05) is 6.61 Å². The van der Waals surface area contributed by atoms with Crippen molar-refractivity contribution in [3.05, 3.63) is 64.9 Å². The van der Waals surface area contributed by atoms with Crippen LogP contribution in [0.1, 0.15) is 18.5 Å². The van der Waals surface area contributed by atoms with E-state index < -0.39 is 0 Å². The Labute approximate surface area is 148 Å². The molecule has 6 heteroatoms. The molecule has 24 heavy (non-hydrogen) atoms. The molecule has 1 aromatic heterocycles. The van der Waals surface area contributed by atoms with E-state index in [4.69, 9.17) is 4.74 Å². The van der Waals surface area contributed by atoms with Gasteiger partial charge in [0.2, 0.25) is 5.88 Å². The van der Waals surface area contributed by atoms with Crippen molar-refractivity contribution >= 4 is 32.7 Å². The zero-order chi connectivity index (χ0) is 16.9. The molecule has 1 atom stereocenters. The number of hydrogen-bond acceptors (Lipinski definition) is 4. The van der Waals surface area contributed by atoms with E-state index in [1.54, 1.807) is 0 Å². The standard InChI is InChI=1S/C18H16BrN3O2/c1-12(13-5-3-2-4-6-13)22-17(23)10-24-18-15-9-14(19)7-8-16(15)20-11-21-18/h2-9,11-12H,10H2,1H3,(H,22,23)/t12-/m1/s1. The Kier molecular flexibility index (Phi) is 5.05. The molecule has 122 valence electrons. The molecule has 0 spiro atoms.